The van der Waals surface area contributed by atoms with E-state index in [-0.39, 0.29) is 11.4 Å². The Labute approximate surface area is 184 Å². The highest BCUT2D eigenvalue weighted by atomic mass is 32.2. The number of pyridine rings is 1. The summed E-state index contributed by atoms with van der Waals surface area (Å²) in [5, 5.41) is 7.22. The van der Waals surface area contributed by atoms with E-state index in [1.165, 1.54) is 12.8 Å². The van der Waals surface area contributed by atoms with Crippen LogP contribution in [-0.2, 0) is 5.54 Å². The monoisotopic (exact) mass is 435 g/mol. The Morgan fingerprint density at radius 1 is 1.10 bits per heavy atom. The first-order valence-electron chi connectivity index (χ1n) is 10.9. The van der Waals surface area contributed by atoms with Gasteiger partial charge in [-0.25, -0.2) is 9.97 Å². The van der Waals surface area contributed by atoms with Gasteiger partial charge >= 0.3 is 0 Å². The molecular weight excluding hydrogens is 410 g/mol. The van der Waals surface area contributed by atoms with Crippen LogP contribution < -0.4 is 15.5 Å². The fourth-order valence-electron chi connectivity index (χ4n) is 5.13. The van der Waals surface area contributed by atoms with Gasteiger partial charge in [-0.05, 0) is 31.0 Å². The maximum atomic E-state index is 12.5. The highest BCUT2D eigenvalue weighted by molar-refractivity contribution is 7.99. The van der Waals surface area contributed by atoms with Gasteiger partial charge in [0.2, 0.25) is 5.95 Å². The van der Waals surface area contributed by atoms with E-state index >= 15 is 0 Å². The molecule has 0 atom stereocenters. The zero-order valence-corrected chi connectivity index (χ0v) is 18.1. The summed E-state index contributed by atoms with van der Waals surface area (Å²) in [5.74, 6) is 3.51. The minimum absolute atomic E-state index is 0.0293. The molecule has 160 valence electrons. The van der Waals surface area contributed by atoms with Crippen LogP contribution in [0.5, 0.6) is 0 Å². The van der Waals surface area contributed by atoms with Crippen LogP contribution in [0.1, 0.15) is 36.2 Å². The number of anilines is 3. The highest BCUT2D eigenvalue weighted by Gasteiger charge is 2.42. The van der Waals surface area contributed by atoms with E-state index in [4.69, 9.17) is 4.98 Å². The number of hydrogen-bond donors (Lipinski definition) is 2. The van der Waals surface area contributed by atoms with Crippen LogP contribution in [0.15, 0.2) is 30.6 Å². The molecule has 2 fully saturated rings. The molecule has 3 aliphatic rings. The molecule has 2 aliphatic heterocycles. The summed E-state index contributed by atoms with van der Waals surface area (Å²) < 4.78 is 2.17. The lowest BCUT2D eigenvalue weighted by Gasteiger charge is -2.37. The van der Waals surface area contributed by atoms with Crippen LogP contribution in [0.2, 0.25) is 0 Å². The lowest BCUT2D eigenvalue weighted by molar-refractivity contribution is 0.0876. The number of fused-ring (bicyclic) bond motifs is 4. The lowest BCUT2D eigenvalue weighted by Crippen LogP contribution is -2.50. The maximum Gasteiger partial charge on any atom is 0.268 e. The van der Waals surface area contributed by atoms with E-state index in [2.05, 4.69) is 36.1 Å². The van der Waals surface area contributed by atoms with Crippen LogP contribution >= 0.6 is 11.8 Å². The second-order valence-electron chi connectivity index (χ2n) is 8.58. The standard InChI is InChI=1S/C22H25N7OS/c30-20-17-11-15-12-24-21(27-19(15)29(17)22(14-25-20)5-1-2-6-22)26-18-4-3-16(13-23-18)28-7-9-31-10-8-28/h3-4,11-13H,1-2,5-10,14H2,(H,25,30)(H,23,24,26,27). The van der Waals surface area contributed by atoms with Gasteiger partial charge in [-0.3, -0.25) is 4.79 Å². The van der Waals surface area contributed by atoms with Gasteiger partial charge in [0, 0.05) is 42.7 Å². The molecule has 1 saturated heterocycles. The summed E-state index contributed by atoms with van der Waals surface area (Å²) in [6.45, 7) is 2.80. The zero-order chi connectivity index (χ0) is 20.8. The molecule has 1 spiro atoms. The summed E-state index contributed by atoms with van der Waals surface area (Å²) in [6, 6.07) is 5.99. The normalized spacial score (nSPS) is 20.1. The van der Waals surface area contributed by atoms with E-state index in [0.717, 1.165) is 54.2 Å². The van der Waals surface area contributed by atoms with Gasteiger partial charge in [0.05, 0.1) is 17.4 Å². The van der Waals surface area contributed by atoms with Crippen molar-refractivity contribution < 1.29 is 4.79 Å². The summed E-state index contributed by atoms with van der Waals surface area (Å²) in [7, 11) is 0. The highest BCUT2D eigenvalue weighted by Crippen LogP contribution is 2.41. The number of rotatable bonds is 3. The van der Waals surface area contributed by atoms with E-state index in [9.17, 15) is 4.79 Å². The number of nitrogens with one attached hydrogen (secondary N) is 2. The number of carbonyl (C=O) groups is 1. The quantitative estimate of drug-likeness (QED) is 0.653. The Hall–Kier alpha value is -2.81. The van der Waals surface area contributed by atoms with E-state index in [1.807, 2.05) is 30.1 Å². The van der Waals surface area contributed by atoms with Crippen molar-refractivity contribution >= 4 is 46.2 Å². The van der Waals surface area contributed by atoms with Gasteiger partial charge in [0.15, 0.2) is 0 Å². The second kappa shape index (κ2) is 7.40. The SMILES string of the molecule is O=C1NCC2(CCCC2)n2c1cc1cnc(Nc3ccc(N4CCSCC4)cn3)nc12. The molecule has 0 radical (unpaired) electrons. The van der Waals surface area contributed by atoms with Crippen LogP contribution in [0.3, 0.4) is 0 Å². The van der Waals surface area contributed by atoms with Crippen molar-refractivity contribution in [2.45, 2.75) is 31.2 Å². The molecule has 3 aromatic heterocycles. The van der Waals surface area contributed by atoms with Gasteiger partial charge in [-0.15, -0.1) is 0 Å². The van der Waals surface area contributed by atoms with Crippen molar-refractivity contribution in [3.63, 3.8) is 0 Å². The minimum atomic E-state index is -0.0662. The van der Waals surface area contributed by atoms with E-state index in [1.54, 1.807) is 6.20 Å². The van der Waals surface area contributed by atoms with Crippen LogP contribution in [0, 0.1) is 0 Å². The first kappa shape index (κ1) is 18.9. The molecule has 9 heteroatoms. The van der Waals surface area contributed by atoms with Crippen molar-refractivity contribution in [2.24, 2.45) is 0 Å². The van der Waals surface area contributed by atoms with Crippen molar-refractivity contribution in [1.29, 1.82) is 0 Å². The van der Waals surface area contributed by atoms with Gasteiger partial charge in [0.1, 0.15) is 17.2 Å². The van der Waals surface area contributed by atoms with Gasteiger partial charge in [-0.1, -0.05) is 12.8 Å². The fraction of sp³-hybridized carbons (Fsp3) is 0.455. The van der Waals surface area contributed by atoms with Crippen molar-refractivity contribution in [2.75, 3.05) is 41.4 Å². The first-order valence-corrected chi connectivity index (χ1v) is 12.1. The zero-order valence-electron chi connectivity index (χ0n) is 17.3. The summed E-state index contributed by atoms with van der Waals surface area (Å²) in [6.07, 6.45) is 8.19. The Kier molecular flexibility index (Phi) is 4.52. The third-order valence-electron chi connectivity index (χ3n) is 6.72. The molecule has 0 unspecified atom stereocenters. The van der Waals surface area contributed by atoms with E-state index in [0.29, 0.717) is 24.0 Å². The van der Waals surface area contributed by atoms with Gasteiger partial charge in [0.25, 0.3) is 5.91 Å². The predicted octanol–water partition coefficient (Wildman–Crippen LogP) is 3.14. The van der Waals surface area contributed by atoms with Crippen molar-refractivity contribution in [3.8, 4) is 0 Å². The molecule has 2 N–H and O–H groups in total. The Bertz CT molecular complexity index is 1130. The summed E-state index contributed by atoms with van der Waals surface area (Å²) in [4.78, 5) is 28.8. The van der Waals surface area contributed by atoms with Crippen LogP contribution in [0.25, 0.3) is 11.0 Å². The summed E-state index contributed by atoms with van der Waals surface area (Å²) in [5.41, 5.74) is 2.60. The molecule has 31 heavy (non-hydrogen) atoms. The number of thioether (sulfide) groups is 1. The lowest BCUT2D eigenvalue weighted by atomic mass is 9.94. The average Bonchev–Trinajstić information content (AvgIpc) is 3.43. The molecule has 5 heterocycles. The molecule has 1 aliphatic carbocycles. The molecule has 0 bridgehead atoms. The van der Waals surface area contributed by atoms with E-state index < -0.39 is 0 Å². The smallest absolute Gasteiger partial charge is 0.268 e. The third-order valence-corrected chi connectivity index (χ3v) is 7.67. The van der Waals surface area contributed by atoms with Gasteiger partial charge in [-0.2, -0.15) is 16.7 Å². The summed E-state index contributed by atoms with van der Waals surface area (Å²) >= 11 is 2.00. The van der Waals surface area contributed by atoms with Gasteiger partial charge < -0.3 is 20.1 Å². The number of aromatic nitrogens is 4. The minimum Gasteiger partial charge on any atom is -0.369 e. The second-order valence-corrected chi connectivity index (χ2v) is 9.80. The third kappa shape index (κ3) is 3.22. The molecule has 3 aromatic rings. The number of amides is 1. The maximum absolute atomic E-state index is 12.5. The number of hydrogen-bond acceptors (Lipinski definition) is 7. The largest absolute Gasteiger partial charge is 0.369 e. The van der Waals surface area contributed by atoms with Crippen LogP contribution in [0.4, 0.5) is 17.5 Å². The van der Waals surface area contributed by atoms with Crippen molar-refractivity contribution in [1.82, 2.24) is 24.8 Å². The molecule has 1 amide bonds. The molecule has 1 saturated carbocycles. The first-order chi connectivity index (χ1) is 15.2. The topological polar surface area (TPSA) is 88.0 Å². The molecular formula is C22H25N7OS. The Balaban J connectivity index is 1.31. The number of nitrogens with zero attached hydrogens (tertiary/aromatic N) is 5. The molecule has 8 nitrogen and oxygen atoms in total. The Morgan fingerprint density at radius 3 is 2.71 bits per heavy atom. The Morgan fingerprint density at radius 2 is 1.94 bits per heavy atom. The number of carbonyl (C=O) groups excluding carboxylic acids is 1. The van der Waals surface area contributed by atoms with Crippen molar-refractivity contribution in [3.05, 3.63) is 36.3 Å². The molecule has 0 aromatic carbocycles. The fourth-order valence-corrected chi connectivity index (χ4v) is 6.03. The van der Waals surface area contributed by atoms with Crippen LogP contribution in [-0.4, -0.2) is 56.6 Å². The average molecular weight is 436 g/mol. The predicted molar refractivity (Wildman–Crippen MR) is 123 cm³/mol. The molecule has 6 rings (SSSR count).